The van der Waals surface area contributed by atoms with E-state index in [9.17, 15) is 9.59 Å². The Bertz CT molecular complexity index is 652. The van der Waals surface area contributed by atoms with E-state index in [4.69, 9.17) is 4.74 Å². The molecule has 0 saturated carbocycles. The van der Waals surface area contributed by atoms with Gasteiger partial charge in [-0.25, -0.2) is 4.79 Å². The Morgan fingerprint density at radius 3 is 3.00 bits per heavy atom. The number of carbonyl (C=O) groups excluding carboxylic acids is 2. The molecule has 136 valence electrons. The molecule has 2 fully saturated rings. The average molecular weight is 363 g/mol. The molecule has 1 aromatic rings. The number of anilines is 1. The lowest BCUT2D eigenvalue weighted by molar-refractivity contribution is -0.116. The molecule has 7 heteroatoms. The minimum atomic E-state index is -0.0480. The molecule has 0 aliphatic carbocycles. The van der Waals surface area contributed by atoms with Crippen LogP contribution in [0.25, 0.3) is 0 Å². The largest absolute Gasteiger partial charge is 0.496 e. The molecule has 3 amide bonds. The van der Waals surface area contributed by atoms with Crippen molar-refractivity contribution < 1.29 is 14.3 Å². The maximum Gasteiger partial charge on any atom is 0.315 e. The molecule has 0 aromatic heterocycles. The number of methoxy groups -OCH3 is 1. The summed E-state index contributed by atoms with van der Waals surface area (Å²) in [5.74, 6) is 1.78. The highest BCUT2D eigenvalue weighted by molar-refractivity contribution is 8.00. The number of hydrogen-bond donors (Lipinski definition) is 3. The third kappa shape index (κ3) is 4.39. The highest BCUT2D eigenvalue weighted by atomic mass is 32.2. The van der Waals surface area contributed by atoms with E-state index in [1.165, 1.54) is 0 Å². The van der Waals surface area contributed by atoms with Crippen LogP contribution in [0.5, 0.6) is 5.75 Å². The van der Waals surface area contributed by atoms with E-state index in [1.807, 2.05) is 36.9 Å². The zero-order valence-electron chi connectivity index (χ0n) is 14.6. The van der Waals surface area contributed by atoms with Crippen LogP contribution in [0, 0.1) is 6.92 Å². The minimum Gasteiger partial charge on any atom is -0.496 e. The van der Waals surface area contributed by atoms with Crippen molar-refractivity contribution in [1.29, 1.82) is 0 Å². The summed E-state index contributed by atoms with van der Waals surface area (Å²) >= 11 is 1.91. The first-order chi connectivity index (χ1) is 12.1. The Morgan fingerprint density at radius 2 is 2.20 bits per heavy atom. The van der Waals surface area contributed by atoms with Gasteiger partial charge in [-0.2, -0.15) is 11.8 Å². The lowest BCUT2D eigenvalue weighted by atomic mass is 10.0. The Morgan fingerprint density at radius 1 is 1.36 bits per heavy atom. The van der Waals surface area contributed by atoms with Crippen LogP contribution in [-0.4, -0.2) is 42.1 Å². The number of rotatable bonds is 7. The first kappa shape index (κ1) is 17.9. The van der Waals surface area contributed by atoms with Crippen molar-refractivity contribution in [2.45, 2.75) is 49.9 Å². The van der Waals surface area contributed by atoms with Crippen molar-refractivity contribution in [2.24, 2.45) is 0 Å². The number of unbranched alkanes of at least 4 members (excludes halogenated alkanes) is 1. The van der Waals surface area contributed by atoms with Gasteiger partial charge in [0, 0.05) is 29.2 Å². The Hall–Kier alpha value is -1.89. The highest BCUT2D eigenvalue weighted by Gasteiger charge is 2.42. The van der Waals surface area contributed by atoms with Gasteiger partial charge >= 0.3 is 6.03 Å². The Labute approximate surface area is 152 Å². The van der Waals surface area contributed by atoms with Crippen LogP contribution in [0.2, 0.25) is 0 Å². The Balaban J connectivity index is 1.38. The lowest BCUT2D eigenvalue weighted by Gasteiger charge is -2.16. The van der Waals surface area contributed by atoms with Crippen molar-refractivity contribution >= 4 is 29.4 Å². The number of urea groups is 1. The number of hydrogen-bond acceptors (Lipinski definition) is 4. The number of carbonyl (C=O) groups is 2. The molecule has 6 nitrogen and oxygen atoms in total. The van der Waals surface area contributed by atoms with Gasteiger partial charge in [0.25, 0.3) is 0 Å². The van der Waals surface area contributed by atoms with Gasteiger partial charge in [-0.05, 0) is 31.4 Å². The van der Waals surface area contributed by atoms with E-state index in [1.54, 1.807) is 7.11 Å². The van der Waals surface area contributed by atoms with Crippen LogP contribution in [0.1, 0.15) is 31.2 Å². The van der Waals surface area contributed by atoms with E-state index in [-0.39, 0.29) is 24.0 Å². The van der Waals surface area contributed by atoms with Crippen LogP contribution in [0.3, 0.4) is 0 Å². The van der Waals surface area contributed by atoms with Crippen molar-refractivity contribution in [2.75, 3.05) is 18.2 Å². The molecule has 0 spiro atoms. The number of benzene rings is 1. The fourth-order valence-corrected chi connectivity index (χ4v) is 4.94. The molecule has 2 heterocycles. The first-order valence-corrected chi connectivity index (χ1v) is 9.75. The second-order valence-electron chi connectivity index (χ2n) is 6.60. The summed E-state index contributed by atoms with van der Waals surface area (Å²) in [5, 5.41) is 9.33. The third-order valence-corrected chi connectivity index (χ3v) is 6.28. The normalized spacial score (nSPS) is 24.4. The molecule has 1 unspecified atom stereocenters. The molecule has 0 radical (unpaired) electrons. The molecule has 25 heavy (non-hydrogen) atoms. The molecule has 0 bridgehead atoms. The van der Waals surface area contributed by atoms with E-state index >= 15 is 0 Å². The zero-order valence-corrected chi connectivity index (χ0v) is 15.4. The van der Waals surface area contributed by atoms with Gasteiger partial charge < -0.3 is 20.7 Å². The molecule has 3 atom stereocenters. The van der Waals surface area contributed by atoms with Crippen molar-refractivity contribution in [3.63, 3.8) is 0 Å². The topological polar surface area (TPSA) is 79.5 Å². The Kier molecular flexibility index (Phi) is 5.73. The van der Waals surface area contributed by atoms with Gasteiger partial charge in [0.1, 0.15) is 5.75 Å². The number of ether oxygens (including phenoxy) is 1. The second-order valence-corrected chi connectivity index (χ2v) is 7.87. The van der Waals surface area contributed by atoms with Crippen LogP contribution in [-0.2, 0) is 4.79 Å². The fraction of sp³-hybridized carbons (Fsp3) is 0.556. The summed E-state index contributed by atoms with van der Waals surface area (Å²) in [7, 11) is 1.63. The molecule has 2 aliphatic rings. The highest BCUT2D eigenvalue weighted by Crippen LogP contribution is 2.33. The summed E-state index contributed by atoms with van der Waals surface area (Å²) < 4.78 is 5.28. The molecular formula is C18H25N3O3S. The summed E-state index contributed by atoms with van der Waals surface area (Å²) in [6.07, 6.45) is 3.37. The summed E-state index contributed by atoms with van der Waals surface area (Å²) in [5.41, 5.74) is 1.81. The summed E-state index contributed by atoms with van der Waals surface area (Å²) in [4.78, 5) is 23.5. The monoisotopic (exact) mass is 363 g/mol. The van der Waals surface area contributed by atoms with Gasteiger partial charge in [-0.1, -0.05) is 12.5 Å². The lowest BCUT2D eigenvalue weighted by Crippen LogP contribution is -2.36. The smallest absolute Gasteiger partial charge is 0.315 e. The number of amides is 3. The number of thioether (sulfide) groups is 1. The van der Waals surface area contributed by atoms with Crippen molar-refractivity contribution in [3.05, 3.63) is 23.8 Å². The van der Waals surface area contributed by atoms with Crippen LogP contribution in [0.15, 0.2) is 18.2 Å². The van der Waals surface area contributed by atoms with Gasteiger partial charge in [0.15, 0.2) is 0 Å². The number of nitrogens with one attached hydrogen (secondary N) is 3. The predicted octanol–water partition coefficient (Wildman–Crippen LogP) is 2.67. The summed E-state index contributed by atoms with van der Waals surface area (Å²) in [6.45, 7) is 1.97. The van der Waals surface area contributed by atoms with E-state index in [0.29, 0.717) is 11.7 Å². The van der Waals surface area contributed by atoms with E-state index in [0.717, 1.165) is 42.0 Å². The quantitative estimate of drug-likeness (QED) is 0.514. The van der Waals surface area contributed by atoms with Gasteiger partial charge in [0.2, 0.25) is 5.91 Å². The van der Waals surface area contributed by atoms with E-state index < -0.39 is 0 Å². The standard InChI is InChI=1S/C18H25N3O3S/c1-11-7-8-12(9-14(11)24-2)19-16(22)6-4-3-5-15-17-13(10-25-15)20-18(23)21-17/h7-9,13,15,17H,3-6,10H2,1-2H3,(H,19,22)(H2,20,21,23)/t13-,15?,17-/m0/s1. The fourth-order valence-electron chi connectivity index (χ4n) is 3.40. The van der Waals surface area contributed by atoms with Crippen molar-refractivity contribution in [1.82, 2.24) is 10.6 Å². The molecule has 1 aromatic carbocycles. The van der Waals surface area contributed by atoms with Crippen LogP contribution < -0.4 is 20.7 Å². The molecule has 2 aliphatic heterocycles. The van der Waals surface area contributed by atoms with Crippen LogP contribution >= 0.6 is 11.8 Å². The van der Waals surface area contributed by atoms with E-state index in [2.05, 4.69) is 16.0 Å². The maximum atomic E-state index is 12.1. The molecule has 2 saturated heterocycles. The van der Waals surface area contributed by atoms with Gasteiger partial charge in [-0.15, -0.1) is 0 Å². The molecular weight excluding hydrogens is 338 g/mol. The number of aryl methyl sites for hydroxylation is 1. The van der Waals surface area contributed by atoms with Crippen molar-refractivity contribution in [3.8, 4) is 5.75 Å². The molecule has 3 N–H and O–H groups in total. The third-order valence-electron chi connectivity index (χ3n) is 4.77. The average Bonchev–Trinajstić information content (AvgIpc) is 3.13. The van der Waals surface area contributed by atoms with Gasteiger partial charge in [-0.3, -0.25) is 4.79 Å². The molecule has 3 rings (SSSR count). The SMILES string of the molecule is COc1cc(NC(=O)CCCCC2SC[C@@H]3NC(=O)N[C@H]23)ccc1C. The first-order valence-electron chi connectivity index (χ1n) is 8.70. The zero-order chi connectivity index (χ0) is 17.8. The summed E-state index contributed by atoms with van der Waals surface area (Å²) in [6, 6.07) is 6.13. The van der Waals surface area contributed by atoms with Crippen LogP contribution in [0.4, 0.5) is 10.5 Å². The second kappa shape index (κ2) is 7.99. The maximum absolute atomic E-state index is 12.1. The minimum absolute atomic E-state index is 0.0266. The predicted molar refractivity (Wildman–Crippen MR) is 100 cm³/mol. The number of fused-ring (bicyclic) bond motifs is 1. The van der Waals surface area contributed by atoms with Gasteiger partial charge in [0.05, 0.1) is 19.2 Å².